The van der Waals surface area contributed by atoms with E-state index in [9.17, 15) is 0 Å². The zero-order valence-corrected chi connectivity index (χ0v) is 10.5. The Morgan fingerprint density at radius 1 is 1.24 bits per heavy atom. The molecule has 0 bridgehead atoms. The van der Waals surface area contributed by atoms with E-state index in [4.69, 9.17) is 10.5 Å². The SMILES string of the molecule is COc1cccc2ccc(C(C)(C)CN)nc12. The van der Waals surface area contributed by atoms with Gasteiger partial charge in [-0.05, 0) is 12.1 Å². The molecular weight excluding hydrogens is 212 g/mol. The Labute approximate surface area is 102 Å². The van der Waals surface area contributed by atoms with Crippen LogP contribution in [0.25, 0.3) is 10.9 Å². The Hall–Kier alpha value is -1.61. The van der Waals surface area contributed by atoms with Crippen molar-refractivity contribution >= 4 is 10.9 Å². The standard InChI is InChI=1S/C14H18N2O/c1-14(2,9-15)12-8-7-10-5-4-6-11(17-3)13(10)16-12/h4-8H,9,15H2,1-3H3. The maximum absolute atomic E-state index is 5.78. The topological polar surface area (TPSA) is 48.1 Å². The minimum absolute atomic E-state index is 0.116. The van der Waals surface area contributed by atoms with E-state index in [-0.39, 0.29) is 5.41 Å². The summed E-state index contributed by atoms with van der Waals surface area (Å²) in [5.74, 6) is 0.803. The number of hydrogen-bond acceptors (Lipinski definition) is 3. The minimum Gasteiger partial charge on any atom is -0.494 e. The monoisotopic (exact) mass is 230 g/mol. The molecule has 0 spiro atoms. The molecule has 3 heteroatoms. The van der Waals surface area contributed by atoms with Crippen LogP contribution in [0.15, 0.2) is 30.3 Å². The average Bonchev–Trinajstić information content (AvgIpc) is 2.37. The third kappa shape index (κ3) is 2.11. The number of para-hydroxylation sites is 1. The fourth-order valence-corrected chi connectivity index (χ4v) is 1.77. The molecule has 0 saturated heterocycles. The molecule has 0 aliphatic carbocycles. The van der Waals surface area contributed by atoms with Crippen molar-refractivity contribution < 1.29 is 4.74 Å². The van der Waals surface area contributed by atoms with Crippen LogP contribution in [0.2, 0.25) is 0 Å². The molecule has 0 unspecified atom stereocenters. The van der Waals surface area contributed by atoms with Crippen LogP contribution >= 0.6 is 0 Å². The van der Waals surface area contributed by atoms with Crippen LogP contribution in [0.4, 0.5) is 0 Å². The Morgan fingerprint density at radius 3 is 2.65 bits per heavy atom. The van der Waals surface area contributed by atoms with Crippen LogP contribution in [0.3, 0.4) is 0 Å². The van der Waals surface area contributed by atoms with Gasteiger partial charge in [0.2, 0.25) is 0 Å². The van der Waals surface area contributed by atoms with Crippen LogP contribution in [0.5, 0.6) is 5.75 Å². The lowest BCUT2D eigenvalue weighted by Gasteiger charge is -2.22. The summed E-state index contributed by atoms with van der Waals surface area (Å²) in [6, 6.07) is 10.0. The maximum atomic E-state index is 5.78. The third-order valence-electron chi connectivity index (χ3n) is 3.11. The second kappa shape index (κ2) is 4.34. The van der Waals surface area contributed by atoms with Crippen molar-refractivity contribution in [3.8, 4) is 5.75 Å². The van der Waals surface area contributed by atoms with Crippen molar-refractivity contribution in [2.75, 3.05) is 13.7 Å². The second-order valence-corrected chi connectivity index (χ2v) is 4.82. The van der Waals surface area contributed by atoms with Crippen LogP contribution in [0.1, 0.15) is 19.5 Å². The second-order valence-electron chi connectivity index (χ2n) is 4.82. The smallest absolute Gasteiger partial charge is 0.145 e. The van der Waals surface area contributed by atoms with Gasteiger partial charge in [0.05, 0.1) is 7.11 Å². The fourth-order valence-electron chi connectivity index (χ4n) is 1.77. The molecule has 0 atom stereocenters. The molecule has 2 rings (SSSR count). The first-order chi connectivity index (χ1) is 8.08. The Balaban J connectivity index is 2.64. The summed E-state index contributed by atoms with van der Waals surface area (Å²) in [5, 5.41) is 1.08. The molecule has 0 aliphatic heterocycles. The van der Waals surface area contributed by atoms with E-state index < -0.39 is 0 Å². The van der Waals surface area contributed by atoms with E-state index in [1.54, 1.807) is 7.11 Å². The van der Waals surface area contributed by atoms with E-state index in [0.717, 1.165) is 22.3 Å². The Kier molecular flexibility index (Phi) is 3.03. The van der Waals surface area contributed by atoms with Gasteiger partial charge in [-0.2, -0.15) is 0 Å². The third-order valence-corrected chi connectivity index (χ3v) is 3.11. The van der Waals surface area contributed by atoms with Crippen molar-refractivity contribution in [3.05, 3.63) is 36.0 Å². The fraction of sp³-hybridized carbons (Fsp3) is 0.357. The van der Waals surface area contributed by atoms with Gasteiger partial charge in [-0.15, -0.1) is 0 Å². The lowest BCUT2D eigenvalue weighted by molar-refractivity contribution is 0.418. The predicted molar refractivity (Wildman–Crippen MR) is 70.4 cm³/mol. The Bertz CT molecular complexity index is 535. The molecule has 90 valence electrons. The van der Waals surface area contributed by atoms with E-state index >= 15 is 0 Å². The number of rotatable bonds is 3. The number of nitrogens with zero attached hydrogens (tertiary/aromatic N) is 1. The van der Waals surface area contributed by atoms with E-state index in [2.05, 4.69) is 24.9 Å². The highest BCUT2D eigenvalue weighted by Gasteiger charge is 2.20. The minimum atomic E-state index is -0.116. The molecule has 0 aliphatic rings. The van der Waals surface area contributed by atoms with Gasteiger partial charge in [-0.1, -0.05) is 32.0 Å². The molecule has 1 aromatic carbocycles. The number of nitrogens with two attached hydrogens (primary N) is 1. The number of benzene rings is 1. The first-order valence-corrected chi connectivity index (χ1v) is 5.73. The summed E-state index contributed by atoms with van der Waals surface area (Å²) in [6.07, 6.45) is 0. The largest absolute Gasteiger partial charge is 0.494 e. The van der Waals surface area contributed by atoms with E-state index in [1.165, 1.54) is 0 Å². The van der Waals surface area contributed by atoms with Gasteiger partial charge in [0.1, 0.15) is 11.3 Å². The lowest BCUT2D eigenvalue weighted by Crippen LogP contribution is -2.29. The summed E-state index contributed by atoms with van der Waals surface area (Å²) < 4.78 is 5.34. The molecule has 1 aromatic heterocycles. The van der Waals surface area contributed by atoms with Gasteiger partial charge < -0.3 is 10.5 Å². The predicted octanol–water partition coefficient (Wildman–Crippen LogP) is 2.48. The van der Waals surface area contributed by atoms with Crippen LogP contribution < -0.4 is 10.5 Å². The first kappa shape index (κ1) is 11.9. The quantitative estimate of drug-likeness (QED) is 0.881. The number of fused-ring (bicyclic) bond motifs is 1. The summed E-state index contributed by atoms with van der Waals surface area (Å²) in [4.78, 5) is 4.68. The average molecular weight is 230 g/mol. The number of pyridine rings is 1. The summed E-state index contributed by atoms with van der Waals surface area (Å²) >= 11 is 0. The van der Waals surface area contributed by atoms with Gasteiger partial charge in [0, 0.05) is 23.0 Å². The molecule has 2 N–H and O–H groups in total. The number of aromatic nitrogens is 1. The molecule has 17 heavy (non-hydrogen) atoms. The molecule has 2 aromatic rings. The zero-order chi connectivity index (χ0) is 12.5. The Morgan fingerprint density at radius 2 is 2.00 bits per heavy atom. The maximum Gasteiger partial charge on any atom is 0.145 e. The highest BCUT2D eigenvalue weighted by Crippen LogP contribution is 2.27. The van der Waals surface area contributed by atoms with Crippen molar-refractivity contribution in [2.45, 2.75) is 19.3 Å². The van der Waals surface area contributed by atoms with Crippen molar-refractivity contribution in [2.24, 2.45) is 5.73 Å². The van der Waals surface area contributed by atoms with E-state index in [0.29, 0.717) is 6.54 Å². The van der Waals surface area contributed by atoms with Gasteiger partial charge in [-0.25, -0.2) is 4.98 Å². The molecule has 3 nitrogen and oxygen atoms in total. The van der Waals surface area contributed by atoms with Crippen LogP contribution in [-0.2, 0) is 5.41 Å². The highest BCUT2D eigenvalue weighted by molar-refractivity contribution is 5.84. The molecule has 0 amide bonds. The normalized spacial score (nSPS) is 11.8. The number of ether oxygens (including phenoxy) is 1. The summed E-state index contributed by atoms with van der Waals surface area (Å²) in [5.41, 5.74) is 7.56. The summed E-state index contributed by atoms with van der Waals surface area (Å²) in [6.45, 7) is 4.76. The highest BCUT2D eigenvalue weighted by atomic mass is 16.5. The zero-order valence-electron chi connectivity index (χ0n) is 10.5. The van der Waals surface area contributed by atoms with Crippen LogP contribution in [-0.4, -0.2) is 18.6 Å². The molecular formula is C14H18N2O. The van der Waals surface area contributed by atoms with Gasteiger partial charge in [0.25, 0.3) is 0 Å². The molecule has 0 fully saturated rings. The van der Waals surface area contributed by atoms with Gasteiger partial charge >= 0.3 is 0 Å². The van der Waals surface area contributed by atoms with Crippen molar-refractivity contribution in [3.63, 3.8) is 0 Å². The van der Waals surface area contributed by atoms with Crippen molar-refractivity contribution in [1.82, 2.24) is 4.98 Å². The van der Waals surface area contributed by atoms with Crippen LogP contribution in [0, 0.1) is 0 Å². The molecule has 0 saturated carbocycles. The summed E-state index contributed by atoms with van der Waals surface area (Å²) in [7, 11) is 1.66. The van der Waals surface area contributed by atoms with Gasteiger partial charge in [-0.3, -0.25) is 0 Å². The lowest BCUT2D eigenvalue weighted by atomic mass is 9.89. The molecule has 0 radical (unpaired) electrons. The molecule has 1 heterocycles. The number of methoxy groups -OCH3 is 1. The van der Waals surface area contributed by atoms with Crippen molar-refractivity contribution in [1.29, 1.82) is 0 Å². The van der Waals surface area contributed by atoms with Gasteiger partial charge in [0.15, 0.2) is 0 Å². The van der Waals surface area contributed by atoms with E-state index in [1.807, 2.05) is 24.3 Å². The first-order valence-electron chi connectivity index (χ1n) is 5.73. The number of hydrogen-bond donors (Lipinski definition) is 1.